The Morgan fingerprint density at radius 1 is 1.42 bits per heavy atom. The molecule has 2 heteroatoms. The summed E-state index contributed by atoms with van der Waals surface area (Å²) in [5.74, 6) is 0. The predicted molar refractivity (Wildman–Crippen MR) is 52.8 cm³/mol. The minimum atomic E-state index is 0.670. The van der Waals surface area contributed by atoms with Gasteiger partial charge in [-0.25, -0.2) is 0 Å². The largest absolute Gasteiger partial charge is 0.381 e. The molecule has 0 amide bonds. The van der Waals surface area contributed by atoms with E-state index >= 15 is 0 Å². The van der Waals surface area contributed by atoms with Crippen LogP contribution >= 0.6 is 11.6 Å². The molecule has 1 N–H and O–H groups in total. The summed E-state index contributed by atoms with van der Waals surface area (Å²) < 4.78 is 0. The first-order valence-corrected chi connectivity index (χ1v) is 4.67. The number of hydrogen-bond donors (Lipinski definition) is 1. The standard InChI is InChI=1S/C10H12ClN/c1-7-3-2-4-9(11)10(7)12-8-5-6-8/h2-4,8,12H,5-6H2,1H3. The van der Waals surface area contributed by atoms with Crippen molar-refractivity contribution in [3.8, 4) is 0 Å². The van der Waals surface area contributed by atoms with E-state index in [0.29, 0.717) is 6.04 Å². The molecule has 64 valence electrons. The highest BCUT2D eigenvalue weighted by molar-refractivity contribution is 6.33. The predicted octanol–water partition coefficient (Wildman–Crippen LogP) is 3.22. The van der Waals surface area contributed by atoms with Gasteiger partial charge >= 0.3 is 0 Å². The van der Waals surface area contributed by atoms with E-state index in [0.717, 1.165) is 10.7 Å². The monoisotopic (exact) mass is 181 g/mol. The fourth-order valence-electron chi connectivity index (χ4n) is 1.25. The van der Waals surface area contributed by atoms with E-state index in [1.165, 1.54) is 18.4 Å². The van der Waals surface area contributed by atoms with E-state index in [-0.39, 0.29) is 0 Å². The number of benzene rings is 1. The van der Waals surface area contributed by atoms with Gasteiger partial charge in [0.05, 0.1) is 10.7 Å². The molecule has 0 saturated heterocycles. The van der Waals surface area contributed by atoms with Crippen molar-refractivity contribution in [3.05, 3.63) is 28.8 Å². The highest BCUT2D eigenvalue weighted by Gasteiger charge is 2.22. The van der Waals surface area contributed by atoms with Crippen LogP contribution in [0.4, 0.5) is 5.69 Å². The molecule has 1 aliphatic rings. The van der Waals surface area contributed by atoms with Gasteiger partial charge in [-0.15, -0.1) is 0 Å². The van der Waals surface area contributed by atoms with Crippen molar-refractivity contribution in [1.29, 1.82) is 0 Å². The molecule has 0 heterocycles. The summed E-state index contributed by atoms with van der Waals surface area (Å²) in [5, 5.41) is 4.26. The van der Waals surface area contributed by atoms with Gasteiger partial charge in [0, 0.05) is 6.04 Å². The summed E-state index contributed by atoms with van der Waals surface area (Å²) in [4.78, 5) is 0. The molecule has 12 heavy (non-hydrogen) atoms. The van der Waals surface area contributed by atoms with Gasteiger partial charge < -0.3 is 5.32 Å². The van der Waals surface area contributed by atoms with E-state index in [1.54, 1.807) is 0 Å². The Morgan fingerprint density at radius 3 is 2.75 bits per heavy atom. The first-order chi connectivity index (χ1) is 5.77. The van der Waals surface area contributed by atoms with Gasteiger partial charge in [0.2, 0.25) is 0 Å². The normalized spacial score (nSPS) is 16.2. The second-order valence-corrected chi connectivity index (χ2v) is 3.76. The van der Waals surface area contributed by atoms with Gasteiger partial charge in [-0.2, -0.15) is 0 Å². The van der Waals surface area contributed by atoms with Gasteiger partial charge in [0.15, 0.2) is 0 Å². The molecule has 0 aliphatic heterocycles. The minimum absolute atomic E-state index is 0.670. The molecule has 1 aromatic rings. The van der Waals surface area contributed by atoms with E-state index < -0.39 is 0 Å². The van der Waals surface area contributed by atoms with Crippen LogP contribution in [0.1, 0.15) is 18.4 Å². The molecular weight excluding hydrogens is 170 g/mol. The maximum absolute atomic E-state index is 6.04. The first-order valence-electron chi connectivity index (χ1n) is 4.29. The molecule has 1 aromatic carbocycles. The summed E-state index contributed by atoms with van der Waals surface area (Å²) >= 11 is 6.04. The summed E-state index contributed by atoms with van der Waals surface area (Å²) in [7, 11) is 0. The van der Waals surface area contributed by atoms with Crippen molar-refractivity contribution < 1.29 is 0 Å². The van der Waals surface area contributed by atoms with Crippen LogP contribution in [-0.4, -0.2) is 6.04 Å². The van der Waals surface area contributed by atoms with Crippen LogP contribution in [0.2, 0.25) is 5.02 Å². The van der Waals surface area contributed by atoms with E-state index in [9.17, 15) is 0 Å². The Bertz CT molecular complexity index is 272. The van der Waals surface area contributed by atoms with Gasteiger partial charge in [-0.05, 0) is 31.4 Å². The van der Waals surface area contributed by atoms with E-state index in [1.807, 2.05) is 12.1 Å². The van der Waals surface area contributed by atoms with Gasteiger partial charge in [0.25, 0.3) is 0 Å². The van der Waals surface area contributed by atoms with Crippen molar-refractivity contribution in [1.82, 2.24) is 0 Å². The number of nitrogens with one attached hydrogen (secondary N) is 1. The first kappa shape index (κ1) is 7.93. The summed E-state index contributed by atoms with van der Waals surface area (Å²) in [6, 6.07) is 6.66. The zero-order valence-electron chi connectivity index (χ0n) is 7.10. The van der Waals surface area contributed by atoms with Crippen LogP contribution in [0.15, 0.2) is 18.2 Å². The second-order valence-electron chi connectivity index (χ2n) is 3.35. The SMILES string of the molecule is Cc1cccc(Cl)c1NC1CC1. The van der Waals surface area contributed by atoms with Crippen LogP contribution in [0.25, 0.3) is 0 Å². The van der Waals surface area contributed by atoms with Crippen LogP contribution in [0.5, 0.6) is 0 Å². The fourth-order valence-corrected chi connectivity index (χ4v) is 1.52. The van der Waals surface area contributed by atoms with Crippen molar-refractivity contribution in [2.24, 2.45) is 0 Å². The van der Waals surface area contributed by atoms with Crippen molar-refractivity contribution in [2.45, 2.75) is 25.8 Å². The highest BCUT2D eigenvalue weighted by atomic mass is 35.5. The quantitative estimate of drug-likeness (QED) is 0.739. The van der Waals surface area contributed by atoms with E-state index in [2.05, 4.69) is 18.3 Å². The van der Waals surface area contributed by atoms with Gasteiger partial charge in [0.1, 0.15) is 0 Å². The molecule has 1 fully saturated rings. The van der Waals surface area contributed by atoms with E-state index in [4.69, 9.17) is 11.6 Å². The van der Waals surface area contributed by atoms with Crippen molar-refractivity contribution >= 4 is 17.3 Å². The number of halogens is 1. The molecule has 0 unspecified atom stereocenters. The topological polar surface area (TPSA) is 12.0 Å². The number of hydrogen-bond acceptors (Lipinski definition) is 1. The average molecular weight is 182 g/mol. The van der Waals surface area contributed by atoms with Crippen LogP contribution in [0.3, 0.4) is 0 Å². The fraction of sp³-hybridized carbons (Fsp3) is 0.400. The lowest BCUT2D eigenvalue weighted by Gasteiger charge is -2.09. The Hall–Kier alpha value is -0.690. The molecule has 1 aliphatic carbocycles. The number of anilines is 1. The average Bonchev–Trinajstić information content (AvgIpc) is 2.80. The Balaban J connectivity index is 2.26. The third-order valence-corrected chi connectivity index (χ3v) is 2.46. The lowest BCUT2D eigenvalue weighted by Crippen LogP contribution is -2.02. The maximum Gasteiger partial charge on any atom is 0.0640 e. The molecule has 0 atom stereocenters. The van der Waals surface area contributed by atoms with Crippen LogP contribution in [0, 0.1) is 6.92 Å². The third kappa shape index (κ3) is 1.56. The molecule has 1 saturated carbocycles. The molecule has 0 spiro atoms. The summed E-state index contributed by atoms with van der Waals surface area (Å²) in [6.07, 6.45) is 2.56. The molecule has 2 rings (SSSR count). The summed E-state index contributed by atoms with van der Waals surface area (Å²) in [5.41, 5.74) is 2.34. The Kier molecular flexibility index (Phi) is 1.97. The number of rotatable bonds is 2. The molecule has 1 nitrogen and oxygen atoms in total. The Morgan fingerprint density at radius 2 is 2.17 bits per heavy atom. The Labute approximate surface area is 77.7 Å². The van der Waals surface area contributed by atoms with Crippen LogP contribution in [-0.2, 0) is 0 Å². The van der Waals surface area contributed by atoms with Gasteiger partial charge in [-0.1, -0.05) is 23.7 Å². The minimum Gasteiger partial charge on any atom is -0.381 e. The lowest BCUT2D eigenvalue weighted by atomic mass is 10.2. The van der Waals surface area contributed by atoms with Crippen molar-refractivity contribution in [2.75, 3.05) is 5.32 Å². The highest BCUT2D eigenvalue weighted by Crippen LogP contribution is 2.31. The van der Waals surface area contributed by atoms with Gasteiger partial charge in [-0.3, -0.25) is 0 Å². The van der Waals surface area contributed by atoms with Crippen molar-refractivity contribution in [3.63, 3.8) is 0 Å². The van der Waals surface area contributed by atoms with Crippen LogP contribution < -0.4 is 5.32 Å². The zero-order chi connectivity index (χ0) is 8.55. The lowest BCUT2D eigenvalue weighted by molar-refractivity contribution is 1.15. The smallest absolute Gasteiger partial charge is 0.0640 e. The summed E-state index contributed by atoms with van der Waals surface area (Å²) in [6.45, 7) is 2.08. The number of para-hydroxylation sites is 1. The third-order valence-electron chi connectivity index (χ3n) is 2.15. The second kappa shape index (κ2) is 2.98. The molecule has 0 bridgehead atoms. The number of aryl methyl sites for hydroxylation is 1. The molecular formula is C10H12ClN. The maximum atomic E-state index is 6.04. The molecule has 0 aromatic heterocycles. The molecule has 0 radical (unpaired) electrons. The zero-order valence-corrected chi connectivity index (χ0v) is 7.86.